The van der Waals surface area contributed by atoms with Gasteiger partial charge in [0.05, 0.1) is 5.69 Å². The summed E-state index contributed by atoms with van der Waals surface area (Å²) in [6.45, 7) is 4.10. The highest BCUT2D eigenvalue weighted by Gasteiger charge is 2.12. The molecule has 5 heteroatoms. The SMILES string of the molecule is CC#CCCNC(=O)c1sc(N)nc1C. The monoisotopic (exact) mass is 223 g/mol. The van der Waals surface area contributed by atoms with Crippen LogP contribution in [0.3, 0.4) is 0 Å². The summed E-state index contributed by atoms with van der Waals surface area (Å²) in [4.78, 5) is 16.2. The van der Waals surface area contributed by atoms with E-state index >= 15 is 0 Å². The van der Waals surface area contributed by atoms with Crippen molar-refractivity contribution in [2.24, 2.45) is 0 Å². The van der Waals surface area contributed by atoms with E-state index in [2.05, 4.69) is 22.1 Å². The van der Waals surface area contributed by atoms with Crippen LogP contribution in [0.25, 0.3) is 0 Å². The molecule has 0 bridgehead atoms. The fourth-order valence-electron chi connectivity index (χ4n) is 1.07. The van der Waals surface area contributed by atoms with Gasteiger partial charge in [0.25, 0.3) is 5.91 Å². The van der Waals surface area contributed by atoms with Crippen molar-refractivity contribution in [3.63, 3.8) is 0 Å². The highest BCUT2D eigenvalue weighted by molar-refractivity contribution is 7.17. The maximum atomic E-state index is 11.6. The summed E-state index contributed by atoms with van der Waals surface area (Å²) in [5, 5.41) is 3.18. The molecule has 1 aromatic rings. The minimum Gasteiger partial charge on any atom is -0.375 e. The van der Waals surface area contributed by atoms with Gasteiger partial charge in [-0.2, -0.15) is 0 Å². The molecule has 1 rings (SSSR count). The average Bonchev–Trinajstić information content (AvgIpc) is 2.52. The molecule has 15 heavy (non-hydrogen) atoms. The zero-order chi connectivity index (χ0) is 11.3. The van der Waals surface area contributed by atoms with E-state index < -0.39 is 0 Å². The summed E-state index contributed by atoms with van der Waals surface area (Å²) >= 11 is 1.20. The highest BCUT2D eigenvalue weighted by atomic mass is 32.1. The van der Waals surface area contributed by atoms with E-state index in [1.807, 2.05) is 0 Å². The van der Waals surface area contributed by atoms with Gasteiger partial charge in [-0.25, -0.2) is 4.98 Å². The van der Waals surface area contributed by atoms with E-state index in [1.54, 1.807) is 13.8 Å². The number of amides is 1. The van der Waals surface area contributed by atoms with E-state index in [0.29, 0.717) is 28.7 Å². The first-order valence-corrected chi connectivity index (χ1v) is 5.37. The second kappa shape index (κ2) is 5.37. The predicted octanol–water partition coefficient (Wildman–Crippen LogP) is 1.18. The molecule has 1 aromatic heterocycles. The Morgan fingerprint density at radius 2 is 2.40 bits per heavy atom. The van der Waals surface area contributed by atoms with Crippen LogP contribution in [0.4, 0.5) is 5.13 Å². The predicted molar refractivity (Wildman–Crippen MR) is 61.7 cm³/mol. The van der Waals surface area contributed by atoms with Crippen molar-refractivity contribution >= 4 is 22.4 Å². The van der Waals surface area contributed by atoms with E-state index in [1.165, 1.54) is 11.3 Å². The molecule has 1 amide bonds. The fourth-order valence-corrected chi connectivity index (χ4v) is 1.82. The van der Waals surface area contributed by atoms with Gasteiger partial charge in [0.15, 0.2) is 5.13 Å². The molecule has 0 aliphatic rings. The quantitative estimate of drug-likeness (QED) is 0.597. The molecule has 3 N–H and O–H groups in total. The van der Waals surface area contributed by atoms with Crippen molar-refractivity contribution in [1.82, 2.24) is 10.3 Å². The molecule has 80 valence electrons. The Morgan fingerprint density at radius 1 is 1.67 bits per heavy atom. The number of aryl methyl sites for hydroxylation is 1. The Bertz CT molecular complexity index is 414. The Labute approximate surface area is 92.9 Å². The number of nitrogens with one attached hydrogen (secondary N) is 1. The third kappa shape index (κ3) is 3.26. The minimum absolute atomic E-state index is 0.125. The third-order valence-corrected chi connectivity index (χ3v) is 2.72. The van der Waals surface area contributed by atoms with Gasteiger partial charge in [0, 0.05) is 13.0 Å². The number of anilines is 1. The second-order valence-electron chi connectivity index (χ2n) is 2.90. The molecule has 1 heterocycles. The number of carbonyl (C=O) groups is 1. The van der Waals surface area contributed by atoms with Gasteiger partial charge in [-0.1, -0.05) is 11.3 Å². The van der Waals surface area contributed by atoms with E-state index in [-0.39, 0.29) is 5.91 Å². The molecule has 4 nitrogen and oxygen atoms in total. The first kappa shape index (κ1) is 11.5. The van der Waals surface area contributed by atoms with Gasteiger partial charge < -0.3 is 11.1 Å². The summed E-state index contributed by atoms with van der Waals surface area (Å²) in [6, 6.07) is 0. The molecule has 0 saturated carbocycles. The number of hydrogen-bond acceptors (Lipinski definition) is 4. The zero-order valence-corrected chi connectivity index (χ0v) is 9.57. The summed E-state index contributed by atoms with van der Waals surface area (Å²) in [6.07, 6.45) is 0.662. The number of nitrogens with zero attached hydrogens (tertiary/aromatic N) is 1. The molecule has 0 aromatic carbocycles. The van der Waals surface area contributed by atoms with Crippen LogP contribution in [-0.2, 0) is 0 Å². The Hall–Kier alpha value is -1.54. The van der Waals surface area contributed by atoms with Crippen molar-refractivity contribution in [2.75, 3.05) is 12.3 Å². The summed E-state index contributed by atoms with van der Waals surface area (Å²) in [5.74, 6) is 5.51. The summed E-state index contributed by atoms with van der Waals surface area (Å²) in [5.41, 5.74) is 6.18. The van der Waals surface area contributed by atoms with E-state index in [4.69, 9.17) is 5.73 Å². The second-order valence-corrected chi connectivity index (χ2v) is 3.93. The lowest BCUT2D eigenvalue weighted by Crippen LogP contribution is -2.23. The van der Waals surface area contributed by atoms with Crippen LogP contribution in [0.2, 0.25) is 0 Å². The van der Waals surface area contributed by atoms with E-state index in [9.17, 15) is 4.79 Å². The Kier molecular flexibility index (Phi) is 4.13. The van der Waals surface area contributed by atoms with Gasteiger partial charge >= 0.3 is 0 Å². The van der Waals surface area contributed by atoms with Crippen LogP contribution in [0, 0.1) is 18.8 Å². The maximum Gasteiger partial charge on any atom is 0.263 e. The van der Waals surface area contributed by atoms with Crippen LogP contribution in [-0.4, -0.2) is 17.4 Å². The molecule has 0 spiro atoms. The van der Waals surface area contributed by atoms with Gasteiger partial charge in [0.2, 0.25) is 0 Å². The number of thiazole rings is 1. The van der Waals surface area contributed by atoms with Crippen LogP contribution in [0.5, 0.6) is 0 Å². The minimum atomic E-state index is -0.125. The molecule has 0 atom stereocenters. The number of nitrogen functional groups attached to an aromatic ring is 1. The van der Waals surface area contributed by atoms with Crippen molar-refractivity contribution in [1.29, 1.82) is 0 Å². The zero-order valence-electron chi connectivity index (χ0n) is 8.76. The third-order valence-electron chi connectivity index (χ3n) is 1.73. The molecule has 0 fully saturated rings. The topological polar surface area (TPSA) is 68.0 Å². The summed E-state index contributed by atoms with van der Waals surface area (Å²) < 4.78 is 0. The van der Waals surface area contributed by atoms with Crippen LogP contribution in [0.15, 0.2) is 0 Å². The normalized spacial score (nSPS) is 9.20. The van der Waals surface area contributed by atoms with Crippen LogP contribution < -0.4 is 11.1 Å². The van der Waals surface area contributed by atoms with Gasteiger partial charge in [-0.3, -0.25) is 4.79 Å². The van der Waals surface area contributed by atoms with Crippen molar-refractivity contribution in [3.8, 4) is 11.8 Å². The number of hydrogen-bond donors (Lipinski definition) is 2. The molecular weight excluding hydrogens is 210 g/mol. The lowest BCUT2D eigenvalue weighted by molar-refractivity contribution is 0.0958. The largest absolute Gasteiger partial charge is 0.375 e. The lowest BCUT2D eigenvalue weighted by Gasteiger charge is -2.00. The maximum absolute atomic E-state index is 11.6. The van der Waals surface area contributed by atoms with E-state index in [0.717, 1.165) is 0 Å². The van der Waals surface area contributed by atoms with Gasteiger partial charge in [-0.05, 0) is 13.8 Å². The molecule has 0 unspecified atom stereocenters. The first-order chi connectivity index (χ1) is 7.15. The van der Waals surface area contributed by atoms with Crippen LogP contribution in [0.1, 0.15) is 28.7 Å². The first-order valence-electron chi connectivity index (χ1n) is 4.56. The standard InChI is InChI=1S/C10H13N3OS/c1-3-4-5-6-12-9(14)8-7(2)13-10(11)15-8/h5-6H2,1-2H3,(H2,11,13)(H,12,14). The number of carbonyl (C=O) groups excluding carboxylic acids is 1. The Balaban J connectivity index is 2.52. The average molecular weight is 223 g/mol. The molecule has 0 aliphatic carbocycles. The van der Waals surface area contributed by atoms with Crippen molar-refractivity contribution < 1.29 is 4.79 Å². The van der Waals surface area contributed by atoms with Gasteiger partial charge in [-0.15, -0.1) is 11.8 Å². The highest BCUT2D eigenvalue weighted by Crippen LogP contribution is 2.18. The lowest BCUT2D eigenvalue weighted by atomic mass is 10.3. The summed E-state index contributed by atoms with van der Waals surface area (Å²) in [7, 11) is 0. The van der Waals surface area contributed by atoms with Gasteiger partial charge in [0.1, 0.15) is 4.88 Å². The van der Waals surface area contributed by atoms with Crippen molar-refractivity contribution in [2.45, 2.75) is 20.3 Å². The van der Waals surface area contributed by atoms with Crippen molar-refractivity contribution in [3.05, 3.63) is 10.6 Å². The number of rotatable bonds is 3. The fraction of sp³-hybridized carbons (Fsp3) is 0.400. The number of aromatic nitrogens is 1. The number of nitrogens with two attached hydrogens (primary N) is 1. The smallest absolute Gasteiger partial charge is 0.263 e. The molecule has 0 radical (unpaired) electrons. The van der Waals surface area contributed by atoms with Crippen LogP contribution >= 0.6 is 11.3 Å². The molecule has 0 saturated heterocycles. The molecule has 0 aliphatic heterocycles. The Morgan fingerprint density at radius 3 is 2.93 bits per heavy atom. The molecular formula is C10H13N3OS.